The lowest BCUT2D eigenvalue weighted by Gasteiger charge is -2.25. The van der Waals surface area contributed by atoms with Gasteiger partial charge in [0.15, 0.2) is 0 Å². The minimum Gasteiger partial charge on any atom is -0.383 e. The number of aryl methyl sites for hydroxylation is 2. The van der Waals surface area contributed by atoms with Crippen LogP contribution in [-0.2, 0) is 19.7 Å². The second-order valence-electron chi connectivity index (χ2n) is 10.7. The van der Waals surface area contributed by atoms with Gasteiger partial charge in [-0.2, -0.15) is 5.10 Å². The normalized spacial score (nSPS) is 15.7. The quantitative estimate of drug-likeness (QED) is 0.415. The molecule has 4 rings (SSSR count). The first-order valence-corrected chi connectivity index (χ1v) is 13.8. The zero-order valence-corrected chi connectivity index (χ0v) is 23.9. The maximum atomic E-state index is 15.3. The predicted molar refractivity (Wildman–Crippen MR) is 150 cm³/mol. The number of hydrogen-bond donors (Lipinski definition) is 1. The molecule has 208 valence electrons. The van der Waals surface area contributed by atoms with Gasteiger partial charge in [0.2, 0.25) is 11.8 Å². The number of nitrogens with zero attached hydrogens (tertiary/aromatic N) is 3. The van der Waals surface area contributed by atoms with Crippen molar-refractivity contribution in [3.05, 3.63) is 76.0 Å². The number of anilines is 1. The highest BCUT2D eigenvalue weighted by molar-refractivity contribution is 8.00. The average molecular weight is 557 g/mol. The first-order chi connectivity index (χ1) is 18.4. The molecule has 10 heteroatoms. The Bertz CT molecular complexity index is 1400. The summed E-state index contributed by atoms with van der Waals surface area (Å²) in [5.41, 5.74) is 3.80. The molecule has 2 heterocycles. The van der Waals surface area contributed by atoms with Crippen LogP contribution in [0.15, 0.2) is 36.4 Å². The molecule has 3 aromatic rings. The second kappa shape index (κ2) is 11.5. The molecule has 0 radical (unpaired) electrons. The van der Waals surface area contributed by atoms with E-state index in [1.165, 1.54) is 28.8 Å². The number of rotatable bonds is 7. The van der Waals surface area contributed by atoms with Crippen molar-refractivity contribution < 1.29 is 23.1 Å². The summed E-state index contributed by atoms with van der Waals surface area (Å²) in [5, 5.41) is 7.14. The molecule has 1 N–H and O–H groups in total. The van der Waals surface area contributed by atoms with E-state index in [-0.39, 0.29) is 29.7 Å². The number of amides is 2. The molecule has 2 aromatic carbocycles. The van der Waals surface area contributed by atoms with Gasteiger partial charge in [-0.25, -0.2) is 13.5 Å². The Morgan fingerprint density at radius 2 is 1.92 bits per heavy atom. The fourth-order valence-electron chi connectivity index (χ4n) is 4.74. The van der Waals surface area contributed by atoms with Gasteiger partial charge in [0.25, 0.3) is 0 Å². The lowest BCUT2D eigenvalue weighted by molar-refractivity contribution is -0.123. The molecule has 1 atom stereocenters. The highest BCUT2D eigenvalue weighted by Crippen LogP contribution is 2.49. The highest BCUT2D eigenvalue weighted by atomic mass is 32.2. The molecule has 0 unspecified atom stereocenters. The second-order valence-corrected chi connectivity index (χ2v) is 11.8. The van der Waals surface area contributed by atoms with Crippen molar-refractivity contribution in [1.82, 2.24) is 15.1 Å². The smallest absolute Gasteiger partial charge is 0.240 e. The van der Waals surface area contributed by atoms with Crippen LogP contribution >= 0.6 is 11.8 Å². The number of methoxy groups -OCH3 is 1. The molecular formula is C29H34F2N4O3S. The molecule has 0 spiro atoms. The largest absolute Gasteiger partial charge is 0.383 e. The Hall–Kier alpha value is -3.24. The van der Waals surface area contributed by atoms with E-state index >= 15 is 4.39 Å². The van der Waals surface area contributed by atoms with Gasteiger partial charge >= 0.3 is 0 Å². The Balaban J connectivity index is 2.00. The van der Waals surface area contributed by atoms with Crippen molar-refractivity contribution in [2.24, 2.45) is 0 Å². The van der Waals surface area contributed by atoms with Crippen molar-refractivity contribution in [3.8, 4) is 5.69 Å². The van der Waals surface area contributed by atoms with Crippen molar-refractivity contribution in [1.29, 1.82) is 0 Å². The van der Waals surface area contributed by atoms with E-state index in [0.717, 1.165) is 22.9 Å². The molecule has 0 saturated heterocycles. The first kappa shape index (κ1) is 28.8. The summed E-state index contributed by atoms with van der Waals surface area (Å²) in [6.45, 7) is 10.3. The molecule has 0 fully saturated rings. The first-order valence-electron chi connectivity index (χ1n) is 12.8. The minimum absolute atomic E-state index is 0.00201. The molecule has 1 aromatic heterocycles. The standard InChI is InChI=1S/C29H34F2N4O3S/c1-17-7-10-22(18(2)13-17)35-28-25(27(33-35)29(3,4)5)26(20-9-8-19(30)14-21(20)31)39-16-24(37)34(28)15-23(36)32-11-12-38-6/h7-10,13-14,26H,11-12,15-16H2,1-6H3,(H,32,36)/t26-/m1/s1. The van der Waals surface area contributed by atoms with E-state index in [4.69, 9.17) is 9.84 Å². The van der Waals surface area contributed by atoms with E-state index in [2.05, 4.69) is 5.32 Å². The van der Waals surface area contributed by atoms with Gasteiger partial charge in [-0.3, -0.25) is 14.5 Å². The summed E-state index contributed by atoms with van der Waals surface area (Å²) < 4.78 is 35.9. The van der Waals surface area contributed by atoms with E-state index in [0.29, 0.717) is 30.2 Å². The highest BCUT2D eigenvalue weighted by Gasteiger charge is 2.40. The van der Waals surface area contributed by atoms with Crippen molar-refractivity contribution in [3.63, 3.8) is 0 Å². The van der Waals surface area contributed by atoms with Crippen LogP contribution in [0.4, 0.5) is 14.6 Å². The Kier molecular flexibility index (Phi) is 8.46. The number of halogens is 2. The average Bonchev–Trinajstić information content (AvgIpc) is 3.18. The number of hydrogen-bond acceptors (Lipinski definition) is 5. The van der Waals surface area contributed by atoms with Gasteiger partial charge in [-0.05, 0) is 31.5 Å². The maximum Gasteiger partial charge on any atom is 0.240 e. The third kappa shape index (κ3) is 6.01. The summed E-state index contributed by atoms with van der Waals surface area (Å²) in [6.07, 6.45) is 0. The van der Waals surface area contributed by atoms with E-state index in [1.54, 1.807) is 11.8 Å². The van der Waals surface area contributed by atoms with Gasteiger partial charge in [0.1, 0.15) is 24.0 Å². The van der Waals surface area contributed by atoms with Crippen LogP contribution in [0.3, 0.4) is 0 Å². The molecule has 2 amide bonds. The number of aromatic nitrogens is 2. The molecule has 1 aliphatic rings. The van der Waals surface area contributed by atoms with Crippen LogP contribution in [0.25, 0.3) is 5.69 Å². The lowest BCUT2D eigenvalue weighted by atomic mass is 9.87. The van der Waals surface area contributed by atoms with Crippen molar-refractivity contribution >= 4 is 29.4 Å². The summed E-state index contributed by atoms with van der Waals surface area (Å²) in [7, 11) is 1.54. The maximum absolute atomic E-state index is 15.3. The monoisotopic (exact) mass is 556 g/mol. The number of nitrogens with one attached hydrogen (secondary N) is 1. The third-order valence-corrected chi connectivity index (χ3v) is 7.79. The SMILES string of the molecule is COCCNC(=O)CN1C(=O)CS[C@H](c2ccc(F)cc2F)c2c(C(C)(C)C)nn(-c3ccc(C)cc3C)c21. The van der Waals surface area contributed by atoms with Crippen molar-refractivity contribution in [2.45, 2.75) is 45.3 Å². The summed E-state index contributed by atoms with van der Waals surface area (Å²) in [6, 6.07) is 9.40. The summed E-state index contributed by atoms with van der Waals surface area (Å²) in [4.78, 5) is 28.0. The number of ether oxygens (including phenoxy) is 1. The minimum atomic E-state index is -0.698. The Labute approximate surface area is 231 Å². The van der Waals surface area contributed by atoms with Crippen molar-refractivity contribution in [2.75, 3.05) is 37.5 Å². The number of benzene rings is 2. The molecule has 1 aliphatic heterocycles. The van der Waals surface area contributed by atoms with Gasteiger partial charge in [0, 0.05) is 36.3 Å². The summed E-state index contributed by atoms with van der Waals surface area (Å²) >= 11 is 1.25. The topological polar surface area (TPSA) is 76.5 Å². The van der Waals surface area contributed by atoms with Crippen LogP contribution in [0.2, 0.25) is 0 Å². The van der Waals surface area contributed by atoms with Crippen LogP contribution < -0.4 is 10.2 Å². The molecule has 0 aliphatic carbocycles. The fourth-order valence-corrected chi connectivity index (χ4v) is 5.96. The van der Waals surface area contributed by atoms with Gasteiger partial charge in [-0.1, -0.05) is 44.5 Å². The zero-order chi connectivity index (χ0) is 28.5. The number of carbonyl (C=O) groups is 2. The molecule has 0 bridgehead atoms. The van der Waals surface area contributed by atoms with Crippen LogP contribution in [0, 0.1) is 25.5 Å². The van der Waals surface area contributed by atoms with Crippen LogP contribution in [0.5, 0.6) is 0 Å². The number of thioether (sulfide) groups is 1. The molecule has 39 heavy (non-hydrogen) atoms. The van der Waals surface area contributed by atoms with Gasteiger partial charge in [-0.15, -0.1) is 11.8 Å². The molecular weight excluding hydrogens is 522 g/mol. The predicted octanol–water partition coefficient (Wildman–Crippen LogP) is 5.00. The Morgan fingerprint density at radius 1 is 1.18 bits per heavy atom. The summed E-state index contributed by atoms with van der Waals surface area (Å²) in [5.74, 6) is -1.62. The lowest BCUT2D eigenvalue weighted by Crippen LogP contribution is -2.43. The van der Waals surface area contributed by atoms with Gasteiger partial charge in [0.05, 0.1) is 29.0 Å². The number of carbonyl (C=O) groups excluding carboxylic acids is 2. The zero-order valence-electron chi connectivity index (χ0n) is 23.1. The molecule has 0 saturated carbocycles. The number of fused-ring (bicyclic) bond motifs is 1. The van der Waals surface area contributed by atoms with E-state index < -0.39 is 22.3 Å². The van der Waals surface area contributed by atoms with Crippen LogP contribution in [0.1, 0.15) is 54.0 Å². The van der Waals surface area contributed by atoms with Gasteiger partial charge < -0.3 is 10.1 Å². The molecule has 7 nitrogen and oxygen atoms in total. The third-order valence-electron chi connectivity index (χ3n) is 6.55. The van der Waals surface area contributed by atoms with E-state index in [1.807, 2.05) is 52.8 Å². The van der Waals surface area contributed by atoms with Crippen LogP contribution in [-0.4, -0.2) is 54.2 Å². The van der Waals surface area contributed by atoms with E-state index in [9.17, 15) is 14.0 Å². The Morgan fingerprint density at radius 3 is 2.56 bits per heavy atom. The fraction of sp³-hybridized carbons (Fsp3) is 0.414.